The number of rotatable bonds is 5. The summed E-state index contributed by atoms with van der Waals surface area (Å²) in [6.45, 7) is 15.2. The molecule has 258 valence electrons. The third kappa shape index (κ3) is 5.58. The van der Waals surface area contributed by atoms with Crippen molar-refractivity contribution in [1.29, 1.82) is 0 Å². The van der Waals surface area contributed by atoms with Gasteiger partial charge in [0.2, 0.25) is 0 Å². The molecule has 0 saturated carbocycles. The van der Waals surface area contributed by atoms with E-state index in [0.717, 1.165) is 24.2 Å². The highest BCUT2D eigenvalue weighted by molar-refractivity contribution is 6.10. The molecule has 2 aliphatic carbocycles. The van der Waals surface area contributed by atoms with Gasteiger partial charge >= 0.3 is 0 Å². The van der Waals surface area contributed by atoms with Gasteiger partial charge in [0.1, 0.15) is 0 Å². The van der Waals surface area contributed by atoms with Crippen molar-refractivity contribution in [3.63, 3.8) is 0 Å². The van der Waals surface area contributed by atoms with E-state index in [1.54, 1.807) is 0 Å². The van der Waals surface area contributed by atoms with Crippen molar-refractivity contribution in [1.82, 2.24) is 4.57 Å². The molecular weight excluding hydrogens is 629 g/mol. The number of aryl methyl sites for hydroxylation is 3. The van der Waals surface area contributed by atoms with Crippen molar-refractivity contribution >= 4 is 44.4 Å². The van der Waals surface area contributed by atoms with Crippen LogP contribution in [0.3, 0.4) is 0 Å². The van der Waals surface area contributed by atoms with Gasteiger partial charge in [-0.25, -0.2) is 0 Å². The Kier molecular flexibility index (Phi) is 8.50. The zero-order valence-electron chi connectivity index (χ0n) is 31.6. The SMILES string of the molecule is CC.Cc1ccc(N(c2ccc(-c3ccc4c(c3)c3cc(C)ccc3n4-c3ccc(C)cc3)cc2)c2ccc3c(c2)C2=CCCC=C2C3(C)C)cc1. The molecule has 0 aliphatic heterocycles. The zero-order valence-corrected chi connectivity index (χ0v) is 31.6. The average Bonchev–Trinajstić information content (AvgIpc) is 3.61. The molecule has 0 radical (unpaired) electrons. The van der Waals surface area contributed by atoms with Crippen molar-refractivity contribution in [3.8, 4) is 16.8 Å². The largest absolute Gasteiger partial charge is 0.310 e. The minimum Gasteiger partial charge on any atom is -0.310 e. The number of anilines is 3. The Morgan fingerprint density at radius 1 is 0.519 bits per heavy atom. The Bertz CT molecular complexity index is 2500. The van der Waals surface area contributed by atoms with Crippen molar-refractivity contribution in [3.05, 3.63) is 173 Å². The van der Waals surface area contributed by atoms with Crippen LogP contribution in [0.2, 0.25) is 0 Å². The van der Waals surface area contributed by atoms with E-state index in [9.17, 15) is 0 Å². The fourth-order valence-corrected chi connectivity index (χ4v) is 8.34. The van der Waals surface area contributed by atoms with Crippen LogP contribution in [-0.2, 0) is 5.41 Å². The number of hydrogen-bond acceptors (Lipinski definition) is 1. The van der Waals surface area contributed by atoms with E-state index in [0.29, 0.717) is 0 Å². The van der Waals surface area contributed by atoms with Crippen LogP contribution in [0.15, 0.2) is 145 Å². The number of nitrogens with zero attached hydrogens (tertiary/aromatic N) is 2. The van der Waals surface area contributed by atoms with Crippen molar-refractivity contribution in [2.75, 3.05) is 4.90 Å². The van der Waals surface area contributed by atoms with Gasteiger partial charge in [-0.15, -0.1) is 0 Å². The van der Waals surface area contributed by atoms with Crippen LogP contribution in [0.4, 0.5) is 17.1 Å². The maximum absolute atomic E-state index is 2.46. The number of allylic oxidation sites excluding steroid dienone is 4. The van der Waals surface area contributed by atoms with E-state index in [4.69, 9.17) is 0 Å². The third-order valence-corrected chi connectivity index (χ3v) is 11.0. The summed E-state index contributed by atoms with van der Waals surface area (Å²) < 4.78 is 2.40. The predicted molar refractivity (Wildman–Crippen MR) is 225 cm³/mol. The van der Waals surface area contributed by atoms with Crippen LogP contribution in [0.25, 0.3) is 44.2 Å². The van der Waals surface area contributed by atoms with Gasteiger partial charge in [-0.05, 0) is 140 Å². The Labute approximate surface area is 309 Å². The fraction of sp³-hybridized carbons (Fsp3) is 0.200. The molecule has 2 nitrogen and oxygen atoms in total. The average molecular weight is 677 g/mol. The van der Waals surface area contributed by atoms with Gasteiger partial charge in [-0.2, -0.15) is 0 Å². The van der Waals surface area contributed by atoms with E-state index in [1.807, 2.05) is 13.8 Å². The molecule has 0 atom stereocenters. The third-order valence-electron chi connectivity index (χ3n) is 11.0. The lowest BCUT2D eigenvalue weighted by Gasteiger charge is -2.27. The maximum Gasteiger partial charge on any atom is 0.0541 e. The Morgan fingerprint density at radius 3 is 1.75 bits per heavy atom. The highest BCUT2D eigenvalue weighted by atomic mass is 15.1. The Morgan fingerprint density at radius 2 is 1.06 bits per heavy atom. The molecule has 7 aromatic rings. The van der Waals surface area contributed by atoms with E-state index < -0.39 is 0 Å². The maximum atomic E-state index is 2.46. The van der Waals surface area contributed by atoms with E-state index in [1.165, 1.54) is 83.3 Å². The highest BCUT2D eigenvalue weighted by Crippen LogP contribution is 2.53. The van der Waals surface area contributed by atoms with Crippen molar-refractivity contribution < 1.29 is 0 Å². The molecule has 0 unspecified atom stereocenters. The molecular formula is C50H48N2. The van der Waals surface area contributed by atoms with Crippen molar-refractivity contribution in [2.45, 2.75) is 66.7 Å². The topological polar surface area (TPSA) is 8.17 Å². The van der Waals surface area contributed by atoms with Gasteiger partial charge in [-0.3, -0.25) is 0 Å². The van der Waals surface area contributed by atoms with Gasteiger partial charge in [0, 0.05) is 38.9 Å². The number of benzene rings is 6. The molecule has 0 saturated heterocycles. The summed E-state index contributed by atoms with van der Waals surface area (Å²) in [5.74, 6) is 0. The van der Waals surface area contributed by atoms with E-state index in [-0.39, 0.29) is 5.41 Å². The molecule has 2 aliphatic rings. The first-order valence-corrected chi connectivity index (χ1v) is 18.9. The summed E-state index contributed by atoms with van der Waals surface area (Å²) in [5.41, 5.74) is 19.1. The number of aromatic nitrogens is 1. The van der Waals surface area contributed by atoms with Crippen LogP contribution in [0, 0.1) is 20.8 Å². The predicted octanol–water partition coefficient (Wildman–Crippen LogP) is 14.3. The fourth-order valence-electron chi connectivity index (χ4n) is 8.34. The first kappa shape index (κ1) is 33.5. The molecule has 1 aromatic heterocycles. The number of hydrogen-bond donors (Lipinski definition) is 0. The molecule has 9 rings (SSSR count). The Balaban J connectivity index is 0.00000190. The van der Waals surface area contributed by atoms with Crippen LogP contribution in [0.5, 0.6) is 0 Å². The minimum absolute atomic E-state index is 0.0304. The summed E-state index contributed by atoms with van der Waals surface area (Å²) in [6, 6.07) is 47.7. The quantitative estimate of drug-likeness (QED) is 0.176. The molecule has 2 heteroatoms. The smallest absolute Gasteiger partial charge is 0.0541 e. The first-order valence-electron chi connectivity index (χ1n) is 18.9. The van der Waals surface area contributed by atoms with E-state index in [2.05, 4.69) is 184 Å². The first-order chi connectivity index (χ1) is 25.3. The lowest BCUT2D eigenvalue weighted by molar-refractivity contribution is 0.654. The molecule has 0 bridgehead atoms. The second kappa shape index (κ2) is 13.2. The summed E-state index contributed by atoms with van der Waals surface area (Å²) in [5, 5.41) is 2.56. The lowest BCUT2D eigenvalue weighted by Crippen LogP contribution is -2.16. The lowest BCUT2D eigenvalue weighted by atomic mass is 9.80. The van der Waals surface area contributed by atoms with Crippen molar-refractivity contribution in [2.24, 2.45) is 0 Å². The minimum atomic E-state index is 0.0304. The van der Waals surface area contributed by atoms with Crippen LogP contribution in [-0.4, -0.2) is 4.57 Å². The molecule has 1 heterocycles. The Hall–Kier alpha value is -5.60. The summed E-state index contributed by atoms with van der Waals surface area (Å²) in [7, 11) is 0. The monoisotopic (exact) mass is 676 g/mol. The summed E-state index contributed by atoms with van der Waals surface area (Å²) in [4.78, 5) is 2.41. The molecule has 0 fully saturated rings. The molecule has 6 aromatic carbocycles. The summed E-state index contributed by atoms with van der Waals surface area (Å²) in [6.07, 6.45) is 7.16. The van der Waals surface area contributed by atoms with Gasteiger partial charge in [-0.1, -0.05) is 111 Å². The molecule has 0 amide bonds. The van der Waals surface area contributed by atoms with Gasteiger partial charge in [0.15, 0.2) is 0 Å². The van der Waals surface area contributed by atoms with Crippen LogP contribution in [0.1, 0.15) is 68.4 Å². The summed E-state index contributed by atoms with van der Waals surface area (Å²) >= 11 is 0. The standard InChI is InChI=1S/C48H42N2.C2H6/c1-31-10-18-36(19-11-31)49(39-24-25-45-41(30-39)40-8-6-7-9-44(40)48(45,4)5)37-22-15-34(16-23-37)35-17-27-47-43(29-35)42-28-33(3)14-26-46(42)50(47)38-20-12-32(2)13-21-38;1-2/h8-30H,6-7H2,1-5H3;1-2H3. The van der Waals surface area contributed by atoms with Crippen LogP contribution < -0.4 is 4.90 Å². The van der Waals surface area contributed by atoms with E-state index >= 15 is 0 Å². The van der Waals surface area contributed by atoms with Gasteiger partial charge in [0.05, 0.1) is 11.0 Å². The highest BCUT2D eigenvalue weighted by Gasteiger charge is 2.39. The van der Waals surface area contributed by atoms with Gasteiger partial charge < -0.3 is 9.47 Å². The normalized spacial score (nSPS) is 14.3. The molecule has 0 spiro atoms. The van der Waals surface area contributed by atoms with Gasteiger partial charge in [0.25, 0.3) is 0 Å². The second-order valence-electron chi connectivity index (χ2n) is 14.8. The number of fused-ring (bicyclic) bond motifs is 6. The zero-order chi connectivity index (χ0) is 36.1. The second-order valence-corrected chi connectivity index (χ2v) is 14.8. The van der Waals surface area contributed by atoms with Crippen LogP contribution >= 0.6 is 0 Å². The molecule has 0 N–H and O–H groups in total. The molecule has 52 heavy (non-hydrogen) atoms.